The van der Waals surface area contributed by atoms with Crippen LogP contribution in [-0.2, 0) is 0 Å². The highest BCUT2D eigenvalue weighted by molar-refractivity contribution is 5.93. The van der Waals surface area contributed by atoms with Gasteiger partial charge in [0, 0.05) is 12.2 Å². The highest BCUT2D eigenvalue weighted by atomic mass is 16.4. The van der Waals surface area contributed by atoms with E-state index >= 15 is 0 Å². The third-order valence-electron chi connectivity index (χ3n) is 4.09. The predicted octanol–water partition coefficient (Wildman–Crippen LogP) is 2.94. The molecule has 0 aliphatic heterocycles. The van der Waals surface area contributed by atoms with Crippen molar-refractivity contribution in [2.75, 3.05) is 11.9 Å². The lowest BCUT2D eigenvalue weighted by Crippen LogP contribution is -2.35. The molecule has 1 aromatic carbocycles. The van der Waals surface area contributed by atoms with Gasteiger partial charge in [0.05, 0.1) is 5.56 Å². The Kier molecular flexibility index (Phi) is 3.97. The molecular formula is C15H20N2O3. The van der Waals surface area contributed by atoms with E-state index < -0.39 is 5.97 Å². The Morgan fingerprint density at radius 2 is 2.05 bits per heavy atom. The molecule has 2 amide bonds. The second-order valence-corrected chi connectivity index (χ2v) is 5.71. The van der Waals surface area contributed by atoms with Crippen LogP contribution in [0.4, 0.5) is 10.5 Å². The minimum absolute atomic E-state index is 0.156. The van der Waals surface area contributed by atoms with Crippen molar-refractivity contribution >= 4 is 17.7 Å². The van der Waals surface area contributed by atoms with E-state index in [1.54, 1.807) is 12.1 Å². The number of hydrogen-bond donors (Lipinski definition) is 3. The van der Waals surface area contributed by atoms with Crippen LogP contribution >= 0.6 is 0 Å². The van der Waals surface area contributed by atoms with Gasteiger partial charge in [0.1, 0.15) is 0 Å². The van der Waals surface area contributed by atoms with Gasteiger partial charge in [-0.05, 0) is 42.4 Å². The molecule has 0 aromatic heterocycles. The summed E-state index contributed by atoms with van der Waals surface area (Å²) in [5, 5.41) is 14.4. The number of anilines is 1. The number of carbonyl (C=O) groups is 2. The molecule has 1 saturated carbocycles. The van der Waals surface area contributed by atoms with E-state index in [0.717, 1.165) is 12.8 Å². The second kappa shape index (κ2) is 5.53. The summed E-state index contributed by atoms with van der Waals surface area (Å²) in [4.78, 5) is 22.7. The average Bonchev–Trinajstić information content (AvgIpc) is 3.18. The van der Waals surface area contributed by atoms with Crippen molar-refractivity contribution in [1.29, 1.82) is 0 Å². The van der Waals surface area contributed by atoms with Crippen LogP contribution in [0.3, 0.4) is 0 Å². The molecule has 3 N–H and O–H groups in total. The molecule has 1 aliphatic carbocycles. The maximum atomic E-state index is 11.8. The van der Waals surface area contributed by atoms with Crippen LogP contribution in [-0.4, -0.2) is 23.7 Å². The van der Waals surface area contributed by atoms with Gasteiger partial charge in [0.2, 0.25) is 0 Å². The first-order chi connectivity index (χ1) is 9.43. The number of aromatic carboxylic acids is 1. The second-order valence-electron chi connectivity index (χ2n) is 5.71. The van der Waals surface area contributed by atoms with Gasteiger partial charge in [-0.3, -0.25) is 0 Å². The summed E-state index contributed by atoms with van der Waals surface area (Å²) in [5.74, 6) is -0.455. The molecule has 1 aliphatic rings. The van der Waals surface area contributed by atoms with Crippen LogP contribution in [0.5, 0.6) is 0 Å². The van der Waals surface area contributed by atoms with Crippen LogP contribution in [0.2, 0.25) is 0 Å². The van der Waals surface area contributed by atoms with Crippen molar-refractivity contribution in [3.05, 3.63) is 29.8 Å². The molecule has 1 aromatic rings. The third-order valence-corrected chi connectivity index (χ3v) is 4.09. The lowest BCUT2D eigenvalue weighted by atomic mass is 9.92. The monoisotopic (exact) mass is 276 g/mol. The van der Waals surface area contributed by atoms with Crippen molar-refractivity contribution in [2.45, 2.75) is 26.7 Å². The zero-order valence-electron chi connectivity index (χ0n) is 11.8. The summed E-state index contributed by atoms with van der Waals surface area (Å²) in [5.41, 5.74) is 0.890. The molecular weight excluding hydrogens is 256 g/mol. The molecule has 0 spiro atoms. The molecule has 1 fully saturated rings. The normalized spacial score (nSPS) is 15.8. The SMILES string of the molecule is CC(C)C1(CNC(=O)Nc2cccc(C(=O)O)c2)CC1. The Hall–Kier alpha value is -2.04. The number of carboxylic acids is 1. The van der Waals surface area contributed by atoms with Crippen molar-refractivity contribution in [3.8, 4) is 0 Å². The molecule has 2 rings (SSSR count). The van der Waals surface area contributed by atoms with Crippen LogP contribution < -0.4 is 10.6 Å². The molecule has 5 heteroatoms. The van der Waals surface area contributed by atoms with E-state index in [2.05, 4.69) is 24.5 Å². The van der Waals surface area contributed by atoms with Crippen molar-refractivity contribution in [2.24, 2.45) is 11.3 Å². The van der Waals surface area contributed by atoms with Gasteiger partial charge in [-0.25, -0.2) is 9.59 Å². The zero-order chi connectivity index (χ0) is 14.8. The minimum Gasteiger partial charge on any atom is -0.478 e. The number of rotatable bonds is 5. The summed E-state index contributed by atoms with van der Waals surface area (Å²) in [6, 6.07) is 5.91. The first-order valence-electron chi connectivity index (χ1n) is 6.81. The van der Waals surface area contributed by atoms with Gasteiger partial charge in [-0.15, -0.1) is 0 Å². The Morgan fingerprint density at radius 3 is 2.60 bits per heavy atom. The van der Waals surface area contributed by atoms with E-state index in [-0.39, 0.29) is 17.0 Å². The first-order valence-corrected chi connectivity index (χ1v) is 6.81. The Labute approximate surface area is 118 Å². The maximum absolute atomic E-state index is 11.8. The highest BCUT2D eigenvalue weighted by Crippen LogP contribution is 2.51. The smallest absolute Gasteiger partial charge is 0.335 e. The number of amides is 2. The van der Waals surface area contributed by atoms with Crippen LogP contribution in [0, 0.1) is 11.3 Å². The van der Waals surface area contributed by atoms with Crippen molar-refractivity contribution in [3.63, 3.8) is 0 Å². The Morgan fingerprint density at radius 1 is 1.35 bits per heavy atom. The van der Waals surface area contributed by atoms with Crippen LogP contribution in [0.15, 0.2) is 24.3 Å². The van der Waals surface area contributed by atoms with Crippen LogP contribution in [0.1, 0.15) is 37.0 Å². The Bertz CT molecular complexity index is 522. The standard InChI is InChI=1S/C15H20N2O3/c1-10(2)15(6-7-15)9-16-14(20)17-12-5-3-4-11(8-12)13(18)19/h3-5,8,10H,6-7,9H2,1-2H3,(H,18,19)(H2,16,17,20). The lowest BCUT2D eigenvalue weighted by molar-refractivity contribution is 0.0697. The molecule has 20 heavy (non-hydrogen) atoms. The quantitative estimate of drug-likeness (QED) is 0.773. The third kappa shape index (κ3) is 3.29. The molecule has 5 nitrogen and oxygen atoms in total. The fourth-order valence-electron chi connectivity index (χ4n) is 2.28. The van der Waals surface area contributed by atoms with Gasteiger partial charge in [0.15, 0.2) is 0 Å². The van der Waals surface area contributed by atoms with Gasteiger partial charge in [0.25, 0.3) is 0 Å². The topological polar surface area (TPSA) is 78.4 Å². The summed E-state index contributed by atoms with van der Waals surface area (Å²) < 4.78 is 0. The number of nitrogens with one attached hydrogen (secondary N) is 2. The van der Waals surface area contributed by atoms with E-state index in [4.69, 9.17) is 5.11 Å². The number of carboxylic acid groups (broad SMARTS) is 1. The van der Waals surface area contributed by atoms with E-state index in [9.17, 15) is 9.59 Å². The number of carbonyl (C=O) groups excluding carboxylic acids is 1. The van der Waals surface area contributed by atoms with Crippen LogP contribution in [0.25, 0.3) is 0 Å². The summed E-state index contributed by atoms with van der Waals surface area (Å²) in [7, 11) is 0. The van der Waals surface area contributed by atoms with Crippen molar-refractivity contribution < 1.29 is 14.7 Å². The summed E-state index contributed by atoms with van der Waals surface area (Å²) in [6.45, 7) is 5.00. The fourth-order valence-corrected chi connectivity index (χ4v) is 2.28. The molecule has 0 heterocycles. The average molecular weight is 276 g/mol. The largest absolute Gasteiger partial charge is 0.478 e. The zero-order valence-corrected chi connectivity index (χ0v) is 11.8. The Balaban J connectivity index is 1.89. The predicted molar refractivity (Wildman–Crippen MR) is 76.9 cm³/mol. The van der Waals surface area contributed by atoms with E-state index in [0.29, 0.717) is 18.2 Å². The number of hydrogen-bond acceptors (Lipinski definition) is 2. The van der Waals surface area contributed by atoms with Gasteiger partial charge in [-0.1, -0.05) is 19.9 Å². The first kappa shape index (κ1) is 14.4. The van der Waals surface area contributed by atoms with Crippen molar-refractivity contribution in [1.82, 2.24) is 5.32 Å². The van der Waals surface area contributed by atoms with Gasteiger partial charge < -0.3 is 15.7 Å². The van der Waals surface area contributed by atoms with E-state index in [1.807, 2.05) is 0 Å². The molecule has 0 atom stereocenters. The maximum Gasteiger partial charge on any atom is 0.335 e. The molecule has 0 saturated heterocycles. The number of urea groups is 1. The molecule has 0 bridgehead atoms. The summed E-state index contributed by atoms with van der Waals surface area (Å²) >= 11 is 0. The molecule has 0 unspecified atom stereocenters. The molecule has 108 valence electrons. The summed E-state index contributed by atoms with van der Waals surface area (Å²) in [6.07, 6.45) is 2.30. The lowest BCUT2D eigenvalue weighted by Gasteiger charge is -2.20. The van der Waals surface area contributed by atoms with Gasteiger partial charge in [-0.2, -0.15) is 0 Å². The minimum atomic E-state index is -1.01. The van der Waals surface area contributed by atoms with Gasteiger partial charge >= 0.3 is 12.0 Å². The van der Waals surface area contributed by atoms with E-state index in [1.165, 1.54) is 12.1 Å². The molecule has 0 radical (unpaired) electrons. The fraction of sp³-hybridized carbons (Fsp3) is 0.467. The number of benzene rings is 1. The highest BCUT2D eigenvalue weighted by Gasteiger charge is 2.45.